The van der Waals surface area contributed by atoms with Gasteiger partial charge in [-0.25, -0.2) is 4.39 Å². The Morgan fingerprint density at radius 1 is 1.18 bits per heavy atom. The first kappa shape index (κ1) is 15.4. The Labute approximate surface area is 130 Å². The molecule has 0 spiro atoms. The molecule has 0 amide bonds. The van der Waals surface area contributed by atoms with Crippen molar-refractivity contribution in [2.24, 2.45) is 0 Å². The summed E-state index contributed by atoms with van der Waals surface area (Å²) in [6.07, 6.45) is 0. The Bertz CT molecular complexity index is 650. The summed E-state index contributed by atoms with van der Waals surface area (Å²) in [5, 5.41) is 9.72. The van der Waals surface area contributed by atoms with E-state index in [1.165, 1.54) is 0 Å². The Hall–Kier alpha value is -1.53. The summed E-state index contributed by atoms with van der Waals surface area (Å²) in [4.78, 5) is 0. The maximum absolute atomic E-state index is 14.9. The van der Waals surface area contributed by atoms with Crippen LogP contribution in [0.4, 0.5) is 4.39 Å². The molecular weight excluding hydrogens is 286 g/mol. The predicted molar refractivity (Wildman–Crippen MR) is 82.4 cm³/mol. The number of ether oxygens (including phenoxy) is 1. The minimum atomic E-state index is -1.04. The molecule has 1 aromatic rings. The molecule has 1 saturated heterocycles. The van der Waals surface area contributed by atoms with E-state index in [1.54, 1.807) is 19.1 Å². The summed E-state index contributed by atoms with van der Waals surface area (Å²) in [5.41, 5.74) is 0.00155. The number of hydrogen-bond donors (Lipinski definition) is 1. The van der Waals surface area contributed by atoms with E-state index in [-0.39, 0.29) is 12.4 Å². The first-order valence-corrected chi connectivity index (χ1v) is 7.34. The lowest BCUT2D eigenvalue weighted by atomic mass is 9.83. The van der Waals surface area contributed by atoms with Gasteiger partial charge in [-0.15, -0.1) is 0 Å². The van der Waals surface area contributed by atoms with Crippen molar-refractivity contribution in [1.29, 1.82) is 0 Å². The monoisotopic (exact) mass is 306 g/mol. The molecule has 1 fully saturated rings. The molecule has 2 heterocycles. The van der Waals surface area contributed by atoms with Crippen LogP contribution in [-0.2, 0) is 9.31 Å². The lowest BCUT2D eigenvalue weighted by molar-refractivity contribution is 0.00578. The third-order valence-corrected chi connectivity index (χ3v) is 4.81. The molecular formula is C16H20BFO4. The highest BCUT2D eigenvalue weighted by Gasteiger charge is 2.54. The Kier molecular flexibility index (Phi) is 3.31. The topological polar surface area (TPSA) is 47.9 Å². The first-order valence-electron chi connectivity index (χ1n) is 7.34. The average molecular weight is 306 g/mol. The lowest BCUT2D eigenvalue weighted by Gasteiger charge is -2.32. The van der Waals surface area contributed by atoms with Gasteiger partial charge in [-0.05, 0) is 46.8 Å². The quantitative estimate of drug-likeness (QED) is 0.808. The zero-order valence-corrected chi connectivity index (χ0v) is 13.5. The molecule has 2 aliphatic heterocycles. The van der Waals surface area contributed by atoms with Gasteiger partial charge in [0.2, 0.25) is 0 Å². The van der Waals surface area contributed by atoms with E-state index in [1.807, 2.05) is 27.7 Å². The number of halogens is 1. The van der Waals surface area contributed by atoms with E-state index < -0.39 is 24.0 Å². The molecule has 0 radical (unpaired) electrons. The van der Waals surface area contributed by atoms with E-state index in [0.29, 0.717) is 22.4 Å². The summed E-state index contributed by atoms with van der Waals surface area (Å²) in [6, 6.07) is 3.20. The normalized spacial score (nSPS) is 24.2. The van der Waals surface area contributed by atoms with Crippen LogP contribution in [0.25, 0.3) is 5.57 Å². The summed E-state index contributed by atoms with van der Waals surface area (Å²) >= 11 is 0. The van der Waals surface area contributed by atoms with Crippen molar-refractivity contribution in [3.63, 3.8) is 0 Å². The van der Waals surface area contributed by atoms with Gasteiger partial charge in [-0.2, -0.15) is 0 Å². The average Bonchev–Trinajstić information content (AvgIpc) is 2.93. The standard InChI is InChI=1S/C16H20BFO4/c1-9-12(19)7-6-10-11(8-20-13(9)10)14(18)17-21-15(2,3)16(4,5)22-17/h6-7,19H,8H2,1-5H3. The number of rotatable bonds is 1. The molecule has 1 aromatic carbocycles. The minimum absolute atomic E-state index is 0.107. The predicted octanol–water partition coefficient (Wildman–Crippen LogP) is 3.41. The van der Waals surface area contributed by atoms with Crippen molar-refractivity contribution < 1.29 is 23.5 Å². The second kappa shape index (κ2) is 4.73. The van der Waals surface area contributed by atoms with Crippen LogP contribution < -0.4 is 4.74 Å². The molecule has 118 valence electrons. The van der Waals surface area contributed by atoms with Crippen LogP contribution in [0.1, 0.15) is 38.8 Å². The van der Waals surface area contributed by atoms with Gasteiger partial charge >= 0.3 is 7.12 Å². The zero-order chi connectivity index (χ0) is 16.3. The Balaban J connectivity index is 2.00. The number of phenolic OH excluding ortho intramolecular Hbond substituents is 1. The van der Waals surface area contributed by atoms with E-state index in [2.05, 4.69) is 0 Å². The van der Waals surface area contributed by atoms with Crippen molar-refractivity contribution in [3.05, 3.63) is 29.0 Å². The molecule has 0 saturated carbocycles. The number of hydrogen-bond acceptors (Lipinski definition) is 4. The van der Waals surface area contributed by atoms with Gasteiger partial charge in [-0.3, -0.25) is 0 Å². The van der Waals surface area contributed by atoms with Gasteiger partial charge in [0, 0.05) is 16.7 Å². The molecule has 0 bridgehead atoms. The van der Waals surface area contributed by atoms with Gasteiger partial charge in [0.1, 0.15) is 23.8 Å². The van der Waals surface area contributed by atoms with Crippen LogP contribution in [0.2, 0.25) is 0 Å². The summed E-state index contributed by atoms with van der Waals surface area (Å²) in [5.74, 6) is 0.651. The number of benzene rings is 1. The van der Waals surface area contributed by atoms with Crippen molar-refractivity contribution >= 4 is 12.7 Å². The molecule has 1 N–H and O–H groups in total. The summed E-state index contributed by atoms with van der Waals surface area (Å²) in [7, 11) is -1.04. The van der Waals surface area contributed by atoms with E-state index in [0.717, 1.165) is 0 Å². The fourth-order valence-corrected chi connectivity index (χ4v) is 2.61. The SMILES string of the molecule is Cc1c(O)ccc2c1OCC2=C(F)B1OC(C)(C)C(C)(C)O1. The summed E-state index contributed by atoms with van der Waals surface area (Å²) < 4.78 is 31.9. The highest BCUT2D eigenvalue weighted by atomic mass is 19.1. The fraction of sp³-hybridized carbons (Fsp3) is 0.500. The van der Waals surface area contributed by atoms with Gasteiger partial charge in [-0.1, -0.05) is 0 Å². The van der Waals surface area contributed by atoms with Crippen molar-refractivity contribution in [1.82, 2.24) is 0 Å². The van der Waals surface area contributed by atoms with Crippen LogP contribution in [0.5, 0.6) is 11.5 Å². The second-order valence-corrected chi connectivity index (χ2v) is 6.79. The first-order chi connectivity index (χ1) is 10.1. The summed E-state index contributed by atoms with van der Waals surface area (Å²) in [6.45, 7) is 9.37. The molecule has 0 aliphatic carbocycles. The van der Waals surface area contributed by atoms with Crippen molar-refractivity contribution in [2.45, 2.75) is 45.8 Å². The molecule has 0 aromatic heterocycles. The van der Waals surface area contributed by atoms with E-state index >= 15 is 0 Å². The molecule has 22 heavy (non-hydrogen) atoms. The van der Waals surface area contributed by atoms with Crippen molar-refractivity contribution in [2.75, 3.05) is 6.61 Å². The third-order valence-electron chi connectivity index (χ3n) is 4.81. The van der Waals surface area contributed by atoms with E-state index in [4.69, 9.17) is 14.0 Å². The Morgan fingerprint density at radius 3 is 2.36 bits per heavy atom. The van der Waals surface area contributed by atoms with Crippen LogP contribution in [-0.4, -0.2) is 30.0 Å². The Morgan fingerprint density at radius 2 is 1.77 bits per heavy atom. The van der Waals surface area contributed by atoms with E-state index in [9.17, 15) is 9.50 Å². The number of fused-ring (bicyclic) bond motifs is 1. The second-order valence-electron chi connectivity index (χ2n) is 6.79. The van der Waals surface area contributed by atoms with Crippen LogP contribution in [0.15, 0.2) is 17.9 Å². The maximum atomic E-state index is 14.9. The number of aromatic hydroxyl groups is 1. The lowest BCUT2D eigenvalue weighted by Crippen LogP contribution is -2.41. The van der Waals surface area contributed by atoms with Crippen LogP contribution in [0.3, 0.4) is 0 Å². The van der Waals surface area contributed by atoms with Crippen LogP contribution in [0, 0.1) is 6.92 Å². The maximum Gasteiger partial charge on any atom is 0.525 e. The fourth-order valence-electron chi connectivity index (χ4n) is 2.61. The molecule has 3 rings (SSSR count). The highest BCUT2D eigenvalue weighted by molar-refractivity contribution is 6.55. The zero-order valence-electron chi connectivity index (χ0n) is 13.5. The molecule has 6 heteroatoms. The largest absolute Gasteiger partial charge is 0.525 e. The number of phenols is 1. The van der Waals surface area contributed by atoms with Crippen molar-refractivity contribution in [3.8, 4) is 11.5 Å². The molecule has 0 unspecified atom stereocenters. The van der Waals surface area contributed by atoms with Gasteiger partial charge in [0.15, 0.2) is 0 Å². The van der Waals surface area contributed by atoms with Crippen LogP contribution >= 0.6 is 0 Å². The molecule has 0 atom stereocenters. The van der Waals surface area contributed by atoms with Gasteiger partial charge in [0.05, 0.1) is 11.2 Å². The molecule has 2 aliphatic rings. The smallest absolute Gasteiger partial charge is 0.508 e. The minimum Gasteiger partial charge on any atom is -0.508 e. The third kappa shape index (κ3) is 2.13. The van der Waals surface area contributed by atoms with Gasteiger partial charge < -0.3 is 19.2 Å². The highest BCUT2D eigenvalue weighted by Crippen LogP contribution is 2.44. The molecule has 4 nitrogen and oxygen atoms in total. The van der Waals surface area contributed by atoms with Gasteiger partial charge in [0.25, 0.3) is 0 Å².